The summed E-state index contributed by atoms with van der Waals surface area (Å²) in [7, 11) is 0. The molecule has 1 aliphatic heterocycles. The number of hydrogen-bond acceptors (Lipinski definition) is 3. The molecule has 7 heteroatoms. The van der Waals surface area contributed by atoms with Gasteiger partial charge in [0.2, 0.25) is 0 Å². The number of fused-ring (bicyclic) bond motifs is 1. The van der Waals surface area contributed by atoms with Crippen LogP contribution in [0, 0.1) is 5.82 Å². The van der Waals surface area contributed by atoms with Crippen LogP contribution in [0.4, 0.5) is 23.4 Å². The third-order valence-electron chi connectivity index (χ3n) is 3.89. The van der Waals surface area contributed by atoms with Gasteiger partial charge in [0.1, 0.15) is 5.82 Å². The summed E-state index contributed by atoms with van der Waals surface area (Å²) in [6.45, 7) is 2.36. The molecule has 0 radical (unpaired) electrons. The van der Waals surface area contributed by atoms with Crippen molar-refractivity contribution in [3.8, 4) is 0 Å². The molecule has 2 aromatic rings. The highest BCUT2D eigenvalue weighted by Crippen LogP contribution is 2.34. The normalized spacial score (nSPS) is 18.2. The molecule has 0 saturated heterocycles. The Hall–Kier alpha value is -2.18. The minimum absolute atomic E-state index is 0.309. The number of halogens is 4. The zero-order valence-corrected chi connectivity index (χ0v) is 11.7. The molecule has 0 N–H and O–H groups in total. The Kier molecular flexibility index (Phi) is 3.50. The van der Waals surface area contributed by atoms with Gasteiger partial charge in [-0.1, -0.05) is 12.1 Å². The topological polar surface area (TPSA) is 29.0 Å². The third-order valence-corrected chi connectivity index (χ3v) is 3.89. The van der Waals surface area contributed by atoms with Crippen LogP contribution in [0.25, 0.3) is 0 Å². The average molecular weight is 311 g/mol. The number of rotatable bonds is 1. The average Bonchev–Trinajstić information content (AvgIpc) is 2.47. The first-order valence-corrected chi connectivity index (χ1v) is 6.83. The van der Waals surface area contributed by atoms with E-state index < -0.39 is 11.9 Å². The predicted molar refractivity (Wildman–Crippen MR) is 72.9 cm³/mol. The van der Waals surface area contributed by atoms with Crippen LogP contribution in [0.3, 0.4) is 0 Å². The second kappa shape index (κ2) is 5.23. The fraction of sp³-hybridized carbons (Fsp3) is 0.333. The van der Waals surface area contributed by atoms with E-state index in [0.717, 1.165) is 11.6 Å². The molecule has 1 aromatic heterocycles. The summed E-state index contributed by atoms with van der Waals surface area (Å²) in [6, 6.07) is 6.77. The molecule has 22 heavy (non-hydrogen) atoms. The first-order chi connectivity index (χ1) is 10.4. The van der Waals surface area contributed by atoms with E-state index in [9.17, 15) is 17.6 Å². The Morgan fingerprint density at radius 2 is 1.91 bits per heavy atom. The molecular weight excluding hydrogens is 298 g/mol. The largest absolute Gasteiger partial charge is 0.435 e. The first-order valence-electron chi connectivity index (χ1n) is 6.83. The molecule has 0 fully saturated rings. The van der Waals surface area contributed by atoms with Crippen molar-refractivity contribution in [2.45, 2.75) is 25.6 Å². The van der Waals surface area contributed by atoms with Crippen LogP contribution in [0.5, 0.6) is 0 Å². The van der Waals surface area contributed by atoms with Crippen molar-refractivity contribution in [3.63, 3.8) is 0 Å². The van der Waals surface area contributed by atoms with E-state index in [1.54, 1.807) is 17.9 Å². The minimum Gasteiger partial charge on any atom is -0.348 e. The summed E-state index contributed by atoms with van der Waals surface area (Å²) in [6.07, 6.45) is -3.90. The predicted octanol–water partition coefficient (Wildman–Crippen LogP) is 3.76. The van der Waals surface area contributed by atoms with Crippen LogP contribution in [-0.4, -0.2) is 16.7 Å². The van der Waals surface area contributed by atoms with Gasteiger partial charge in [0, 0.05) is 12.1 Å². The smallest absolute Gasteiger partial charge is 0.348 e. The summed E-state index contributed by atoms with van der Waals surface area (Å²) >= 11 is 0. The van der Waals surface area contributed by atoms with Crippen LogP contribution in [0.15, 0.2) is 30.3 Å². The molecule has 0 saturated carbocycles. The van der Waals surface area contributed by atoms with E-state index in [1.807, 2.05) is 6.07 Å². The zero-order valence-electron chi connectivity index (χ0n) is 11.7. The lowest BCUT2D eigenvalue weighted by atomic mass is 9.93. The maximum atomic E-state index is 14.0. The molecule has 3 nitrogen and oxygen atoms in total. The molecule has 1 atom stereocenters. The van der Waals surface area contributed by atoms with Gasteiger partial charge in [0.05, 0.1) is 6.04 Å². The van der Waals surface area contributed by atoms with Crippen molar-refractivity contribution in [2.24, 2.45) is 0 Å². The van der Waals surface area contributed by atoms with Crippen LogP contribution < -0.4 is 4.90 Å². The molecular formula is C15H13F4N3. The van der Waals surface area contributed by atoms with E-state index in [4.69, 9.17) is 0 Å². The highest BCUT2D eigenvalue weighted by atomic mass is 19.4. The van der Waals surface area contributed by atoms with Crippen LogP contribution >= 0.6 is 0 Å². The first kappa shape index (κ1) is 14.7. The Morgan fingerprint density at radius 3 is 2.55 bits per heavy atom. The standard InChI is InChI=1S/C15H13F4N3/c1-9-14-10(3-2-4-11(14)16)7-8-22(9)13-6-5-12(20-21-13)15(17,18)19/h2-6,9H,7-8H2,1H3. The summed E-state index contributed by atoms with van der Waals surface area (Å²) < 4.78 is 51.6. The van der Waals surface area contributed by atoms with Gasteiger partial charge in [-0.05, 0) is 37.1 Å². The van der Waals surface area contributed by atoms with Gasteiger partial charge in [0.15, 0.2) is 11.5 Å². The van der Waals surface area contributed by atoms with E-state index in [-0.39, 0.29) is 11.9 Å². The highest BCUT2D eigenvalue weighted by Gasteiger charge is 2.34. The Balaban J connectivity index is 1.92. The number of aromatic nitrogens is 2. The van der Waals surface area contributed by atoms with Crippen molar-refractivity contribution in [1.82, 2.24) is 10.2 Å². The quantitative estimate of drug-likeness (QED) is 0.751. The Bertz CT molecular complexity index is 682. The van der Waals surface area contributed by atoms with Crippen molar-refractivity contribution >= 4 is 5.82 Å². The fourth-order valence-corrected chi connectivity index (χ4v) is 2.80. The summed E-state index contributed by atoms with van der Waals surface area (Å²) in [5.74, 6) is 0.00368. The van der Waals surface area contributed by atoms with Crippen molar-refractivity contribution in [3.05, 3.63) is 53.0 Å². The summed E-state index contributed by atoms with van der Waals surface area (Å²) in [4.78, 5) is 1.76. The molecule has 1 unspecified atom stereocenters. The van der Waals surface area contributed by atoms with Crippen LogP contribution in [-0.2, 0) is 12.6 Å². The molecule has 1 aromatic carbocycles. The van der Waals surface area contributed by atoms with Gasteiger partial charge in [-0.2, -0.15) is 13.2 Å². The second-order valence-corrected chi connectivity index (χ2v) is 5.21. The molecule has 0 amide bonds. The van der Waals surface area contributed by atoms with E-state index in [2.05, 4.69) is 10.2 Å². The van der Waals surface area contributed by atoms with Crippen molar-refractivity contribution in [1.29, 1.82) is 0 Å². The molecule has 3 rings (SSSR count). The number of nitrogens with zero attached hydrogens (tertiary/aromatic N) is 3. The number of hydrogen-bond donors (Lipinski definition) is 0. The zero-order chi connectivity index (χ0) is 15.9. The van der Waals surface area contributed by atoms with Gasteiger partial charge in [-0.25, -0.2) is 4.39 Å². The second-order valence-electron chi connectivity index (χ2n) is 5.21. The van der Waals surface area contributed by atoms with Gasteiger partial charge in [-0.15, -0.1) is 10.2 Å². The van der Waals surface area contributed by atoms with Gasteiger partial charge < -0.3 is 4.90 Å². The number of benzene rings is 1. The van der Waals surface area contributed by atoms with E-state index in [0.29, 0.717) is 24.3 Å². The van der Waals surface area contributed by atoms with Gasteiger partial charge in [0.25, 0.3) is 0 Å². The maximum Gasteiger partial charge on any atom is 0.435 e. The molecule has 2 heterocycles. The monoisotopic (exact) mass is 311 g/mol. The van der Waals surface area contributed by atoms with Gasteiger partial charge in [-0.3, -0.25) is 0 Å². The van der Waals surface area contributed by atoms with Crippen LogP contribution in [0.2, 0.25) is 0 Å². The molecule has 0 bridgehead atoms. The molecule has 0 aliphatic carbocycles. The maximum absolute atomic E-state index is 14.0. The fourth-order valence-electron chi connectivity index (χ4n) is 2.80. The van der Waals surface area contributed by atoms with Crippen LogP contribution in [0.1, 0.15) is 29.8 Å². The van der Waals surface area contributed by atoms with Gasteiger partial charge >= 0.3 is 6.18 Å². The SMILES string of the molecule is CC1c2c(F)cccc2CCN1c1ccc(C(F)(F)F)nn1. The van der Waals surface area contributed by atoms with E-state index in [1.165, 1.54) is 12.1 Å². The lowest BCUT2D eigenvalue weighted by molar-refractivity contribution is -0.141. The lowest BCUT2D eigenvalue weighted by Gasteiger charge is -2.36. The summed E-state index contributed by atoms with van der Waals surface area (Å²) in [5.41, 5.74) is 0.451. The Morgan fingerprint density at radius 1 is 1.14 bits per heavy atom. The molecule has 116 valence electrons. The molecule has 1 aliphatic rings. The third kappa shape index (κ3) is 2.51. The number of alkyl halides is 3. The minimum atomic E-state index is -4.52. The Labute approximate surface area is 124 Å². The van der Waals surface area contributed by atoms with E-state index >= 15 is 0 Å². The van der Waals surface area contributed by atoms with Crippen molar-refractivity contribution < 1.29 is 17.6 Å². The van der Waals surface area contributed by atoms with Crippen molar-refractivity contribution in [2.75, 3.05) is 11.4 Å². The number of anilines is 1. The highest BCUT2D eigenvalue weighted by molar-refractivity contribution is 5.47. The lowest BCUT2D eigenvalue weighted by Crippen LogP contribution is -2.35. The molecule has 0 spiro atoms. The summed E-state index contributed by atoms with van der Waals surface area (Å²) in [5, 5.41) is 6.88.